The fraction of sp³-hybridized carbons (Fsp3) is 0. The summed E-state index contributed by atoms with van der Waals surface area (Å²) in [4.78, 5) is 44.5. The molecule has 0 unspecified atom stereocenters. The van der Waals surface area contributed by atoms with Crippen molar-refractivity contribution in [1.29, 1.82) is 0 Å². The Kier molecular flexibility index (Phi) is 2.59. The molecule has 2 rings (SSSR count). The fourth-order valence-corrected chi connectivity index (χ4v) is 1.33. The van der Waals surface area contributed by atoms with Crippen LogP contribution in [0.25, 0.3) is 10.8 Å². The van der Waals surface area contributed by atoms with Gasteiger partial charge in [0.15, 0.2) is 0 Å². The SMILES string of the molecule is O.O=c1c(=O)c(=O)c2ccccc2c1=O. The summed E-state index contributed by atoms with van der Waals surface area (Å²) in [6.45, 7) is 0. The second-order valence-corrected chi connectivity index (χ2v) is 2.86. The standard InChI is InChI=1S/C10H4O4.H2O/c11-7-5-3-1-2-4-6(5)8(12)10(14)9(7)13;/h1-4H;1H2. The molecule has 0 saturated heterocycles. The van der Waals surface area contributed by atoms with Gasteiger partial charge in [-0.2, -0.15) is 0 Å². The van der Waals surface area contributed by atoms with Crippen molar-refractivity contribution < 1.29 is 5.48 Å². The third kappa shape index (κ3) is 1.38. The molecule has 0 aromatic heterocycles. The Morgan fingerprint density at radius 1 is 0.600 bits per heavy atom. The molecule has 5 heteroatoms. The molecule has 5 nitrogen and oxygen atoms in total. The number of benzene rings is 2. The van der Waals surface area contributed by atoms with E-state index in [2.05, 4.69) is 0 Å². The van der Waals surface area contributed by atoms with Gasteiger partial charge in [0.05, 0.1) is 0 Å². The quantitative estimate of drug-likeness (QED) is 0.481. The van der Waals surface area contributed by atoms with Crippen molar-refractivity contribution in [2.45, 2.75) is 0 Å². The van der Waals surface area contributed by atoms with Crippen molar-refractivity contribution in [2.24, 2.45) is 0 Å². The lowest BCUT2D eigenvalue weighted by molar-refractivity contribution is 0.824. The van der Waals surface area contributed by atoms with Crippen molar-refractivity contribution >= 4 is 10.8 Å². The summed E-state index contributed by atoms with van der Waals surface area (Å²) in [6, 6.07) is 5.79. The molecule has 2 aromatic rings. The van der Waals surface area contributed by atoms with Crippen LogP contribution in [-0.2, 0) is 0 Å². The third-order valence-corrected chi connectivity index (χ3v) is 2.04. The number of hydrogen-bond donors (Lipinski definition) is 0. The van der Waals surface area contributed by atoms with Crippen LogP contribution in [0.5, 0.6) is 0 Å². The molecular formula is C10H6O5. The maximum atomic E-state index is 11.2. The second-order valence-electron chi connectivity index (χ2n) is 2.86. The van der Waals surface area contributed by atoms with Crippen molar-refractivity contribution in [3.63, 3.8) is 0 Å². The van der Waals surface area contributed by atoms with Crippen molar-refractivity contribution in [2.75, 3.05) is 0 Å². The molecule has 0 aliphatic rings. The van der Waals surface area contributed by atoms with E-state index in [0.717, 1.165) is 0 Å². The molecule has 0 fully saturated rings. The molecule has 0 aliphatic carbocycles. The highest BCUT2D eigenvalue weighted by Crippen LogP contribution is 2.00. The number of rotatable bonds is 0. The predicted molar refractivity (Wildman–Crippen MR) is 55.0 cm³/mol. The van der Waals surface area contributed by atoms with Crippen molar-refractivity contribution in [1.82, 2.24) is 0 Å². The molecule has 2 N–H and O–H groups in total. The highest BCUT2D eigenvalue weighted by Gasteiger charge is 2.10. The van der Waals surface area contributed by atoms with Gasteiger partial charge < -0.3 is 5.48 Å². The molecule has 0 radical (unpaired) electrons. The van der Waals surface area contributed by atoms with Gasteiger partial charge in [0.1, 0.15) is 0 Å². The van der Waals surface area contributed by atoms with Crippen LogP contribution in [0.3, 0.4) is 0 Å². The summed E-state index contributed by atoms with van der Waals surface area (Å²) in [6.07, 6.45) is 0. The Balaban J connectivity index is 0.00000112. The minimum absolute atomic E-state index is 0. The molecule has 0 atom stereocenters. The van der Waals surface area contributed by atoms with Crippen LogP contribution in [0.2, 0.25) is 0 Å². The Morgan fingerprint density at radius 2 is 0.933 bits per heavy atom. The van der Waals surface area contributed by atoms with Crippen molar-refractivity contribution in [3.8, 4) is 0 Å². The van der Waals surface area contributed by atoms with Crippen LogP contribution < -0.4 is 21.7 Å². The minimum atomic E-state index is -1.24. The zero-order valence-corrected chi connectivity index (χ0v) is 7.44. The first-order valence-corrected chi connectivity index (χ1v) is 3.89. The highest BCUT2D eigenvalue weighted by atomic mass is 16.2. The molecule has 0 bridgehead atoms. The molecule has 0 aliphatic heterocycles. The first-order valence-electron chi connectivity index (χ1n) is 3.89. The molecule has 2 aromatic carbocycles. The van der Waals surface area contributed by atoms with Gasteiger partial charge in [0.25, 0.3) is 10.9 Å². The van der Waals surface area contributed by atoms with Crippen LogP contribution in [0.4, 0.5) is 0 Å². The summed E-state index contributed by atoms with van der Waals surface area (Å²) >= 11 is 0. The van der Waals surface area contributed by atoms with Gasteiger partial charge in [0.2, 0.25) is 10.9 Å². The summed E-state index contributed by atoms with van der Waals surface area (Å²) in [5, 5.41) is 0.0317. The van der Waals surface area contributed by atoms with Gasteiger partial charge in [-0.1, -0.05) is 24.3 Å². The van der Waals surface area contributed by atoms with Gasteiger partial charge in [0, 0.05) is 10.8 Å². The van der Waals surface area contributed by atoms with E-state index >= 15 is 0 Å². The van der Waals surface area contributed by atoms with Gasteiger partial charge in [-0.15, -0.1) is 0 Å². The summed E-state index contributed by atoms with van der Waals surface area (Å²) < 4.78 is 0. The van der Waals surface area contributed by atoms with Gasteiger partial charge in [-0.25, -0.2) is 0 Å². The Labute approximate surface area is 82.2 Å². The Bertz CT molecular complexity index is 645. The highest BCUT2D eigenvalue weighted by molar-refractivity contribution is 5.81. The molecule has 0 amide bonds. The third-order valence-electron chi connectivity index (χ3n) is 2.04. The van der Waals surface area contributed by atoms with Crippen LogP contribution in [0, 0.1) is 0 Å². The molecule has 0 spiro atoms. The van der Waals surface area contributed by atoms with E-state index < -0.39 is 21.7 Å². The van der Waals surface area contributed by atoms with Crippen LogP contribution in [0.15, 0.2) is 43.4 Å². The van der Waals surface area contributed by atoms with Crippen LogP contribution in [0.1, 0.15) is 0 Å². The average Bonchev–Trinajstić information content (AvgIpc) is 2.23. The van der Waals surface area contributed by atoms with E-state index in [1.807, 2.05) is 0 Å². The van der Waals surface area contributed by atoms with Gasteiger partial charge in [-0.05, 0) is 0 Å². The maximum Gasteiger partial charge on any atom is 0.277 e. The summed E-state index contributed by atoms with van der Waals surface area (Å²) in [5.74, 6) is 0. The Hall–Kier alpha value is -2.14. The first kappa shape index (κ1) is 10.9. The van der Waals surface area contributed by atoms with E-state index in [9.17, 15) is 19.2 Å². The molecular weight excluding hydrogens is 200 g/mol. The maximum absolute atomic E-state index is 11.2. The Morgan fingerprint density at radius 3 is 1.27 bits per heavy atom. The molecule has 0 saturated carbocycles. The van der Waals surface area contributed by atoms with E-state index in [4.69, 9.17) is 0 Å². The van der Waals surface area contributed by atoms with E-state index in [1.165, 1.54) is 24.3 Å². The zero-order valence-electron chi connectivity index (χ0n) is 7.44. The number of fused-ring (bicyclic) bond motifs is 1. The monoisotopic (exact) mass is 206 g/mol. The summed E-state index contributed by atoms with van der Waals surface area (Å²) in [7, 11) is 0. The van der Waals surface area contributed by atoms with E-state index in [-0.39, 0.29) is 16.2 Å². The van der Waals surface area contributed by atoms with E-state index in [1.54, 1.807) is 0 Å². The van der Waals surface area contributed by atoms with Crippen molar-refractivity contribution in [3.05, 3.63) is 65.2 Å². The van der Waals surface area contributed by atoms with Crippen LogP contribution >= 0.6 is 0 Å². The summed E-state index contributed by atoms with van der Waals surface area (Å²) in [5.41, 5.74) is -4.28. The average molecular weight is 206 g/mol. The minimum Gasteiger partial charge on any atom is -0.412 e. The fourth-order valence-electron chi connectivity index (χ4n) is 1.33. The largest absolute Gasteiger partial charge is 0.412 e. The van der Waals surface area contributed by atoms with Crippen LogP contribution in [-0.4, -0.2) is 5.48 Å². The molecule has 0 heterocycles. The molecule has 15 heavy (non-hydrogen) atoms. The second kappa shape index (κ2) is 3.55. The number of hydrogen-bond acceptors (Lipinski definition) is 4. The zero-order chi connectivity index (χ0) is 10.3. The smallest absolute Gasteiger partial charge is 0.277 e. The lowest BCUT2D eigenvalue weighted by Crippen LogP contribution is -2.46. The lowest BCUT2D eigenvalue weighted by atomic mass is 10.1. The van der Waals surface area contributed by atoms with Gasteiger partial charge in [-0.3, -0.25) is 19.2 Å². The lowest BCUT2D eigenvalue weighted by Gasteiger charge is -1.90. The normalized spacial score (nSPS) is 9.87. The van der Waals surface area contributed by atoms with Gasteiger partial charge >= 0.3 is 0 Å². The topological polar surface area (TPSA) is 99.8 Å². The first-order chi connectivity index (χ1) is 6.63. The molecule has 76 valence electrons. The van der Waals surface area contributed by atoms with E-state index in [0.29, 0.717) is 0 Å². The predicted octanol–water partition coefficient (Wildman–Crippen LogP) is -1.67.